The zero-order chi connectivity index (χ0) is 14.9. The van der Waals surface area contributed by atoms with Gasteiger partial charge in [-0.3, -0.25) is 4.79 Å². The minimum absolute atomic E-state index is 0.0402. The van der Waals surface area contributed by atoms with Gasteiger partial charge in [0.25, 0.3) is 5.91 Å². The van der Waals surface area contributed by atoms with Crippen LogP contribution in [0.2, 0.25) is 0 Å². The summed E-state index contributed by atoms with van der Waals surface area (Å²) in [6.45, 7) is 2.50. The Morgan fingerprint density at radius 3 is 2.65 bits per heavy atom. The summed E-state index contributed by atoms with van der Waals surface area (Å²) in [4.78, 5) is 12.2. The number of benzene rings is 1. The van der Waals surface area contributed by atoms with Crippen molar-refractivity contribution >= 4 is 21.4 Å². The van der Waals surface area contributed by atoms with Crippen molar-refractivity contribution in [3.05, 3.63) is 23.8 Å². The molecule has 2 atom stereocenters. The molecular formula is C13H18N2O4S. The maximum Gasteiger partial charge on any atom is 0.251 e. The summed E-state index contributed by atoms with van der Waals surface area (Å²) < 4.78 is 28.5. The summed E-state index contributed by atoms with van der Waals surface area (Å²) in [5, 5.41) is 2.84. The van der Waals surface area contributed by atoms with Crippen LogP contribution in [0.4, 0.5) is 5.69 Å². The molecule has 7 heteroatoms. The van der Waals surface area contributed by atoms with E-state index in [2.05, 4.69) is 5.32 Å². The van der Waals surface area contributed by atoms with Crippen molar-refractivity contribution in [1.82, 2.24) is 5.32 Å². The lowest BCUT2D eigenvalue weighted by molar-refractivity contribution is 0.0866. The second kappa shape index (κ2) is 5.41. The quantitative estimate of drug-likeness (QED) is 0.795. The molecule has 0 bridgehead atoms. The van der Waals surface area contributed by atoms with E-state index in [0.29, 0.717) is 6.61 Å². The second-order valence-electron chi connectivity index (χ2n) is 5.01. The van der Waals surface area contributed by atoms with Gasteiger partial charge in [-0.2, -0.15) is 0 Å². The zero-order valence-electron chi connectivity index (χ0n) is 11.4. The Morgan fingerprint density at radius 2 is 2.10 bits per heavy atom. The van der Waals surface area contributed by atoms with Crippen molar-refractivity contribution in [3.8, 4) is 0 Å². The molecule has 2 rings (SSSR count). The fraction of sp³-hybridized carbons (Fsp3) is 0.462. The van der Waals surface area contributed by atoms with Crippen molar-refractivity contribution in [2.45, 2.75) is 30.4 Å². The molecule has 1 heterocycles. The van der Waals surface area contributed by atoms with E-state index in [1.807, 2.05) is 6.92 Å². The van der Waals surface area contributed by atoms with Crippen molar-refractivity contribution in [2.75, 3.05) is 18.6 Å². The number of rotatable bonds is 3. The minimum Gasteiger partial charge on any atom is -0.399 e. The molecular weight excluding hydrogens is 280 g/mol. The fourth-order valence-corrected chi connectivity index (χ4v) is 2.83. The maximum absolute atomic E-state index is 12.2. The number of nitrogens with one attached hydrogen (secondary N) is 1. The van der Waals surface area contributed by atoms with E-state index in [-0.39, 0.29) is 34.2 Å². The molecule has 1 aromatic rings. The maximum atomic E-state index is 12.2. The molecule has 1 amide bonds. The molecule has 110 valence electrons. The number of hydrogen-bond donors (Lipinski definition) is 2. The first-order chi connectivity index (χ1) is 9.27. The predicted octanol–water partition coefficient (Wildman–Crippen LogP) is 0.580. The van der Waals surface area contributed by atoms with Crippen LogP contribution in [0.1, 0.15) is 23.7 Å². The number of hydrogen-bond acceptors (Lipinski definition) is 5. The fourth-order valence-electron chi connectivity index (χ4n) is 2.14. The number of nitrogens with two attached hydrogens (primary N) is 1. The first kappa shape index (κ1) is 14.8. The van der Waals surface area contributed by atoms with Gasteiger partial charge in [-0.15, -0.1) is 0 Å². The molecule has 2 unspecified atom stereocenters. The highest BCUT2D eigenvalue weighted by molar-refractivity contribution is 7.90. The van der Waals surface area contributed by atoms with Crippen molar-refractivity contribution in [2.24, 2.45) is 0 Å². The summed E-state index contributed by atoms with van der Waals surface area (Å²) in [6, 6.07) is 4.07. The molecule has 0 aliphatic carbocycles. The Morgan fingerprint density at radius 1 is 1.40 bits per heavy atom. The number of amides is 1. The van der Waals surface area contributed by atoms with E-state index in [4.69, 9.17) is 10.5 Å². The Labute approximate surface area is 118 Å². The van der Waals surface area contributed by atoms with Gasteiger partial charge < -0.3 is 15.8 Å². The second-order valence-corrected chi connectivity index (χ2v) is 7.02. The van der Waals surface area contributed by atoms with E-state index < -0.39 is 9.84 Å². The van der Waals surface area contributed by atoms with E-state index in [1.54, 1.807) is 0 Å². The number of carbonyl (C=O) groups is 1. The summed E-state index contributed by atoms with van der Waals surface area (Å²) in [6.07, 6.45) is 1.78. The zero-order valence-corrected chi connectivity index (χ0v) is 12.2. The Hall–Kier alpha value is -1.60. The molecule has 1 aliphatic heterocycles. The van der Waals surface area contributed by atoms with E-state index >= 15 is 0 Å². The summed E-state index contributed by atoms with van der Waals surface area (Å²) in [5.74, 6) is -0.343. The average molecular weight is 298 g/mol. The molecule has 6 nitrogen and oxygen atoms in total. The van der Waals surface area contributed by atoms with Crippen LogP contribution in [-0.2, 0) is 14.6 Å². The highest BCUT2D eigenvalue weighted by Crippen LogP contribution is 2.18. The third-order valence-electron chi connectivity index (χ3n) is 3.31. The summed E-state index contributed by atoms with van der Waals surface area (Å²) >= 11 is 0. The van der Waals surface area contributed by atoms with Gasteiger partial charge in [-0.05, 0) is 31.5 Å². The molecule has 20 heavy (non-hydrogen) atoms. The molecule has 1 saturated heterocycles. The molecule has 3 N–H and O–H groups in total. The van der Waals surface area contributed by atoms with E-state index in [1.165, 1.54) is 18.2 Å². The predicted molar refractivity (Wildman–Crippen MR) is 75.2 cm³/mol. The molecule has 1 aromatic carbocycles. The molecule has 0 aromatic heterocycles. The van der Waals surface area contributed by atoms with Crippen molar-refractivity contribution in [3.63, 3.8) is 0 Å². The Kier molecular flexibility index (Phi) is 4.01. The normalized spacial score (nSPS) is 22.7. The largest absolute Gasteiger partial charge is 0.399 e. The summed E-state index contributed by atoms with van der Waals surface area (Å²) in [5.41, 5.74) is 6.14. The lowest BCUT2D eigenvalue weighted by atomic mass is 10.1. The first-order valence-corrected chi connectivity index (χ1v) is 8.19. The average Bonchev–Trinajstić information content (AvgIpc) is 2.73. The van der Waals surface area contributed by atoms with Gasteiger partial charge >= 0.3 is 0 Å². The number of carbonyl (C=O) groups excluding carboxylic acids is 1. The molecule has 0 spiro atoms. The third-order valence-corrected chi connectivity index (χ3v) is 4.40. The Balaban J connectivity index is 2.24. The van der Waals surface area contributed by atoms with Crippen LogP contribution in [0.25, 0.3) is 0 Å². The number of ether oxygens (including phenoxy) is 1. The molecule has 0 saturated carbocycles. The highest BCUT2D eigenvalue weighted by atomic mass is 32.2. The smallest absolute Gasteiger partial charge is 0.251 e. The number of anilines is 1. The van der Waals surface area contributed by atoms with Crippen molar-refractivity contribution in [1.29, 1.82) is 0 Å². The highest BCUT2D eigenvalue weighted by Gasteiger charge is 2.26. The van der Waals surface area contributed by atoms with Crippen LogP contribution in [0.3, 0.4) is 0 Å². The molecule has 0 radical (unpaired) electrons. The van der Waals surface area contributed by atoms with Crippen LogP contribution >= 0.6 is 0 Å². The summed E-state index contributed by atoms with van der Waals surface area (Å²) in [7, 11) is -3.40. The molecule has 1 aliphatic rings. The number of sulfone groups is 1. The van der Waals surface area contributed by atoms with Crippen molar-refractivity contribution < 1.29 is 17.9 Å². The van der Waals surface area contributed by atoms with Gasteiger partial charge in [0.15, 0.2) is 9.84 Å². The van der Waals surface area contributed by atoms with Gasteiger partial charge in [0.1, 0.15) is 0 Å². The topological polar surface area (TPSA) is 98.5 Å². The Bertz CT molecular complexity index is 627. The van der Waals surface area contributed by atoms with Gasteiger partial charge in [-0.25, -0.2) is 8.42 Å². The van der Waals surface area contributed by atoms with Gasteiger partial charge in [0, 0.05) is 24.1 Å². The molecule has 1 fully saturated rings. The van der Waals surface area contributed by atoms with Gasteiger partial charge in [0.2, 0.25) is 0 Å². The van der Waals surface area contributed by atoms with Crippen LogP contribution in [0, 0.1) is 0 Å². The SMILES string of the molecule is CC1OCCC1NC(=O)c1cc(N)cc(S(C)(=O)=O)c1. The number of nitrogen functional groups attached to an aromatic ring is 1. The van der Waals surface area contributed by atoms with Gasteiger partial charge in [0.05, 0.1) is 17.0 Å². The van der Waals surface area contributed by atoms with E-state index in [0.717, 1.165) is 12.7 Å². The van der Waals surface area contributed by atoms with Crippen LogP contribution in [-0.4, -0.2) is 39.3 Å². The van der Waals surface area contributed by atoms with Crippen LogP contribution < -0.4 is 11.1 Å². The lowest BCUT2D eigenvalue weighted by Gasteiger charge is -2.16. The third kappa shape index (κ3) is 3.29. The van der Waals surface area contributed by atoms with Crippen LogP contribution in [0.15, 0.2) is 23.1 Å². The van der Waals surface area contributed by atoms with Gasteiger partial charge in [-0.1, -0.05) is 0 Å². The minimum atomic E-state index is -3.40. The lowest BCUT2D eigenvalue weighted by Crippen LogP contribution is -2.39. The monoisotopic (exact) mass is 298 g/mol. The first-order valence-electron chi connectivity index (χ1n) is 6.30. The van der Waals surface area contributed by atoms with Crippen LogP contribution in [0.5, 0.6) is 0 Å². The van der Waals surface area contributed by atoms with E-state index in [9.17, 15) is 13.2 Å². The standard InChI is InChI=1S/C13H18N2O4S/c1-8-12(3-4-19-8)15-13(16)9-5-10(14)7-11(6-9)20(2,17)18/h5-8,12H,3-4,14H2,1-2H3,(H,15,16).